The Morgan fingerprint density at radius 3 is 0.844 bits per heavy atom. The molecule has 1 unspecified atom stereocenters. The first-order chi connectivity index (χ1) is 38.0. The van der Waals surface area contributed by atoms with E-state index in [0.717, 1.165) is 128 Å². The predicted molar refractivity (Wildman–Crippen MR) is 334 cm³/mol. The highest BCUT2D eigenvalue weighted by Gasteiger charge is 2.19. The third-order valence-corrected chi connectivity index (χ3v) is 12.8. The van der Waals surface area contributed by atoms with Gasteiger partial charge in [0, 0.05) is 19.3 Å². The highest BCUT2D eigenvalue weighted by molar-refractivity contribution is 5.71. The molecule has 0 heterocycles. The fourth-order valence-corrected chi connectivity index (χ4v) is 8.17. The van der Waals surface area contributed by atoms with Crippen LogP contribution in [0.15, 0.2) is 146 Å². The van der Waals surface area contributed by atoms with Crippen molar-refractivity contribution in [3.8, 4) is 0 Å². The van der Waals surface area contributed by atoms with E-state index in [1.807, 2.05) is 0 Å². The van der Waals surface area contributed by atoms with Crippen LogP contribution < -0.4 is 0 Å². The molecule has 0 radical (unpaired) electrons. The summed E-state index contributed by atoms with van der Waals surface area (Å²) < 4.78 is 16.8. The Hall–Kier alpha value is -4.71. The van der Waals surface area contributed by atoms with Crippen molar-refractivity contribution < 1.29 is 28.6 Å². The van der Waals surface area contributed by atoms with Crippen LogP contribution >= 0.6 is 0 Å². The standard InChI is InChI=1S/C71H114O6/c1-4-7-10-13-16-19-22-25-27-29-31-32-33-34-35-36-37-38-40-41-43-46-49-52-55-58-61-64-70(73)76-67-68(66-75-69(72)63-60-57-54-51-48-45-24-21-18-15-12-9-6-3)77-71(74)65-62-59-56-53-50-47-44-42-39-30-28-26-23-20-17-14-11-8-5-2/h7,9-10,12,16,18-19,21,25-28,31-32,34-35,37-38,41,43,45,48-49,52,68H,4-6,8,11,13-15,17,20,22-24,29-30,33,36,39-40,42,44,46-47,50-51,53-67H2,1-3H3/b10-7-,12-9-,19-16-,21-18-,27-25-,28-26-,32-31-,35-34-,38-37-,43-41-,48-45-,52-49-. The fraction of sp³-hybridized carbons (Fsp3) is 0.620. The second-order valence-electron chi connectivity index (χ2n) is 20.2. The highest BCUT2D eigenvalue weighted by Crippen LogP contribution is 2.14. The number of esters is 3. The molecule has 0 N–H and O–H groups in total. The maximum Gasteiger partial charge on any atom is 0.306 e. The summed E-state index contributed by atoms with van der Waals surface area (Å²) in [7, 11) is 0. The smallest absolute Gasteiger partial charge is 0.306 e. The Kier molecular flexibility index (Phi) is 59.9. The lowest BCUT2D eigenvalue weighted by atomic mass is 10.1. The second kappa shape index (κ2) is 63.8. The predicted octanol–water partition coefficient (Wildman–Crippen LogP) is 21.5. The van der Waals surface area contributed by atoms with E-state index in [9.17, 15) is 14.4 Å². The second-order valence-corrected chi connectivity index (χ2v) is 20.2. The van der Waals surface area contributed by atoms with Crippen LogP contribution in [0.2, 0.25) is 0 Å². The van der Waals surface area contributed by atoms with Gasteiger partial charge in [0.1, 0.15) is 13.2 Å². The highest BCUT2D eigenvalue weighted by atomic mass is 16.6. The molecule has 0 aliphatic carbocycles. The van der Waals surface area contributed by atoms with E-state index in [2.05, 4.69) is 167 Å². The van der Waals surface area contributed by atoms with Crippen molar-refractivity contribution >= 4 is 17.9 Å². The molecule has 0 rings (SSSR count). The molecule has 434 valence electrons. The first-order valence-corrected chi connectivity index (χ1v) is 31.3. The molecule has 0 saturated heterocycles. The number of hydrogen-bond donors (Lipinski definition) is 0. The molecule has 0 aromatic carbocycles. The number of ether oxygens (including phenoxy) is 3. The van der Waals surface area contributed by atoms with Crippen LogP contribution in [0.3, 0.4) is 0 Å². The number of rotatable bonds is 55. The molecular formula is C71H114O6. The van der Waals surface area contributed by atoms with Gasteiger partial charge >= 0.3 is 17.9 Å². The van der Waals surface area contributed by atoms with Crippen molar-refractivity contribution in [2.24, 2.45) is 0 Å². The van der Waals surface area contributed by atoms with Gasteiger partial charge in [0.15, 0.2) is 6.10 Å². The van der Waals surface area contributed by atoms with Crippen LogP contribution in [0.4, 0.5) is 0 Å². The maximum absolute atomic E-state index is 12.9. The molecule has 1 atom stereocenters. The van der Waals surface area contributed by atoms with Crippen LogP contribution in [0.5, 0.6) is 0 Å². The summed E-state index contributed by atoms with van der Waals surface area (Å²) in [5.74, 6) is -0.988. The van der Waals surface area contributed by atoms with Crippen molar-refractivity contribution in [3.63, 3.8) is 0 Å². The average Bonchev–Trinajstić information content (AvgIpc) is 3.43. The molecule has 77 heavy (non-hydrogen) atoms. The lowest BCUT2D eigenvalue weighted by molar-refractivity contribution is -0.167. The van der Waals surface area contributed by atoms with Gasteiger partial charge < -0.3 is 14.2 Å². The largest absolute Gasteiger partial charge is 0.462 e. The first-order valence-electron chi connectivity index (χ1n) is 31.3. The summed E-state index contributed by atoms with van der Waals surface area (Å²) in [6.45, 7) is 6.34. The Balaban J connectivity index is 4.46. The Labute approximate surface area is 474 Å². The minimum absolute atomic E-state index is 0.113. The molecule has 0 bridgehead atoms. The minimum atomic E-state index is -0.816. The van der Waals surface area contributed by atoms with Crippen molar-refractivity contribution in [1.82, 2.24) is 0 Å². The topological polar surface area (TPSA) is 78.9 Å². The van der Waals surface area contributed by atoms with Crippen LogP contribution in [0, 0.1) is 0 Å². The third kappa shape index (κ3) is 62.0. The molecule has 6 heteroatoms. The molecule has 0 aliphatic heterocycles. The van der Waals surface area contributed by atoms with Gasteiger partial charge in [0.05, 0.1) is 0 Å². The summed E-state index contributed by atoms with van der Waals surface area (Å²) >= 11 is 0. The van der Waals surface area contributed by atoms with Gasteiger partial charge in [-0.3, -0.25) is 14.4 Å². The van der Waals surface area contributed by atoms with Crippen LogP contribution in [-0.4, -0.2) is 37.2 Å². The fourth-order valence-electron chi connectivity index (χ4n) is 8.17. The van der Waals surface area contributed by atoms with Crippen LogP contribution in [0.1, 0.15) is 265 Å². The first kappa shape index (κ1) is 72.3. The quantitative estimate of drug-likeness (QED) is 0.0261. The average molecular weight is 1060 g/mol. The van der Waals surface area contributed by atoms with Gasteiger partial charge in [-0.05, 0) is 141 Å². The van der Waals surface area contributed by atoms with Gasteiger partial charge in [-0.2, -0.15) is 0 Å². The van der Waals surface area contributed by atoms with Crippen molar-refractivity contribution in [3.05, 3.63) is 146 Å². The van der Waals surface area contributed by atoms with E-state index in [-0.39, 0.29) is 31.1 Å². The number of hydrogen-bond acceptors (Lipinski definition) is 6. The summed E-state index contributed by atoms with van der Waals surface area (Å²) in [6, 6.07) is 0. The normalized spacial score (nSPS) is 13.1. The summed E-state index contributed by atoms with van der Waals surface area (Å²) in [5, 5.41) is 0. The summed E-state index contributed by atoms with van der Waals surface area (Å²) in [5.41, 5.74) is 0. The van der Waals surface area contributed by atoms with Gasteiger partial charge in [0.2, 0.25) is 0 Å². The zero-order valence-electron chi connectivity index (χ0n) is 49.7. The van der Waals surface area contributed by atoms with Crippen molar-refractivity contribution in [2.45, 2.75) is 271 Å². The lowest BCUT2D eigenvalue weighted by Crippen LogP contribution is -2.30. The van der Waals surface area contributed by atoms with Gasteiger partial charge in [-0.1, -0.05) is 250 Å². The monoisotopic (exact) mass is 1060 g/mol. The zero-order valence-corrected chi connectivity index (χ0v) is 49.7. The lowest BCUT2D eigenvalue weighted by Gasteiger charge is -2.18. The molecule has 6 nitrogen and oxygen atoms in total. The van der Waals surface area contributed by atoms with Gasteiger partial charge in [-0.25, -0.2) is 0 Å². The molecular weight excluding hydrogens is 949 g/mol. The number of carbonyl (C=O) groups is 3. The number of carbonyl (C=O) groups excluding carboxylic acids is 3. The molecule has 0 spiro atoms. The maximum atomic E-state index is 12.9. The van der Waals surface area contributed by atoms with Crippen molar-refractivity contribution in [2.75, 3.05) is 13.2 Å². The number of allylic oxidation sites excluding steroid dienone is 24. The van der Waals surface area contributed by atoms with E-state index in [1.165, 1.54) is 89.9 Å². The van der Waals surface area contributed by atoms with E-state index in [4.69, 9.17) is 14.2 Å². The van der Waals surface area contributed by atoms with E-state index in [0.29, 0.717) is 25.7 Å². The summed E-state index contributed by atoms with van der Waals surface area (Å²) in [4.78, 5) is 38.2. The Bertz CT molecular complexity index is 1700. The van der Waals surface area contributed by atoms with E-state index >= 15 is 0 Å². The van der Waals surface area contributed by atoms with Gasteiger partial charge in [0.25, 0.3) is 0 Å². The third-order valence-electron chi connectivity index (χ3n) is 12.8. The SMILES string of the molecule is CC/C=C\C/C=C\C/C=C\C/C=C\C/C=C\C/C=C\C/C=C\C/C=C\CCCCC(=O)OCC(COC(=O)CCCCC/C=C\C/C=C\C/C=C\CC)OC(=O)CCCCCCCCCCC/C=C\CCCCCCCC. The van der Waals surface area contributed by atoms with Crippen LogP contribution in [-0.2, 0) is 28.6 Å². The number of unbranched alkanes of at least 4 members (excludes halogenated alkanes) is 20. The minimum Gasteiger partial charge on any atom is -0.462 e. The van der Waals surface area contributed by atoms with E-state index in [1.54, 1.807) is 0 Å². The molecule has 0 saturated carbocycles. The van der Waals surface area contributed by atoms with E-state index < -0.39 is 6.10 Å². The Morgan fingerprint density at radius 2 is 0.506 bits per heavy atom. The Morgan fingerprint density at radius 1 is 0.273 bits per heavy atom. The van der Waals surface area contributed by atoms with Gasteiger partial charge in [-0.15, -0.1) is 0 Å². The van der Waals surface area contributed by atoms with Crippen molar-refractivity contribution in [1.29, 1.82) is 0 Å². The molecule has 0 aromatic rings. The molecule has 0 amide bonds. The molecule has 0 fully saturated rings. The summed E-state index contributed by atoms with van der Waals surface area (Å²) in [6.07, 6.45) is 91.4. The zero-order chi connectivity index (χ0) is 55.7. The molecule has 0 aliphatic rings. The molecule has 0 aromatic heterocycles. The van der Waals surface area contributed by atoms with Crippen LogP contribution in [0.25, 0.3) is 0 Å².